The molecule has 1 saturated heterocycles. The van der Waals surface area contributed by atoms with Crippen molar-refractivity contribution < 1.29 is 19.5 Å². The van der Waals surface area contributed by atoms with E-state index in [1.807, 2.05) is 36.4 Å². The second-order valence-corrected chi connectivity index (χ2v) is 7.02. The van der Waals surface area contributed by atoms with E-state index in [1.165, 1.54) is 17.0 Å². The van der Waals surface area contributed by atoms with E-state index in [0.717, 1.165) is 22.5 Å². The summed E-state index contributed by atoms with van der Waals surface area (Å²) in [6, 6.07) is 19.1. The van der Waals surface area contributed by atoms with Crippen LogP contribution in [0.15, 0.2) is 66.7 Å². The summed E-state index contributed by atoms with van der Waals surface area (Å²) >= 11 is 0.901. The van der Waals surface area contributed by atoms with Crippen molar-refractivity contribution in [1.29, 1.82) is 0 Å². The third kappa shape index (κ3) is 3.13. The highest BCUT2D eigenvalue weighted by atomic mass is 32.2. The minimum Gasteiger partial charge on any atom is -0.478 e. The van der Waals surface area contributed by atoms with Gasteiger partial charge in [-0.2, -0.15) is 0 Å². The van der Waals surface area contributed by atoms with Crippen LogP contribution in [0.1, 0.15) is 10.4 Å². The van der Waals surface area contributed by atoms with Crippen molar-refractivity contribution in [3.05, 3.63) is 72.3 Å². The minimum atomic E-state index is -1.02. The van der Waals surface area contributed by atoms with Gasteiger partial charge in [-0.05, 0) is 47.5 Å². The number of carboxylic acids is 1. The summed E-state index contributed by atoms with van der Waals surface area (Å²) in [5.74, 6) is -1.38. The molecule has 1 unspecified atom stereocenters. The summed E-state index contributed by atoms with van der Waals surface area (Å²) in [6.07, 6.45) is 0. The van der Waals surface area contributed by atoms with Crippen LogP contribution in [-0.4, -0.2) is 27.6 Å². The number of hydrogen-bond donors (Lipinski definition) is 2. The van der Waals surface area contributed by atoms with E-state index in [-0.39, 0.29) is 16.7 Å². The summed E-state index contributed by atoms with van der Waals surface area (Å²) < 4.78 is 0. The largest absolute Gasteiger partial charge is 0.478 e. The Balaban J connectivity index is 1.61. The second kappa shape index (κ2) is 6.77. The van der Waals surface area contributed by atoms with Gasteiger partial charge in [0.1, 0.15) is 0 Å². The summed E-state index contributed by atoms with van der Waals surface area (Å²) in [7, 11) is 0. The fourth-order valence-corrected chi connectivity index (χ4v) is 3.88. The van der Waals surface area contributed by atoms with Gasteiger partial charge in [-0.25, -0.2) is 9.69 Å². The Kier molecular flexibility index (Phi) is 4.29. The number of amides is 2. The van der Waals surface area contributed by atoms with Crippen molar-refractivity contribution in [2.75, 3.05) is 10.2 Å². The number of carbonyl (C=O) groups is 3. The Hall–Kier alpha value is -3.32. The van der Waals surface area contributed by atoms with E-state index < -0.39 is 11.3 Å². The standard InChI is InChI=1S/C20H14N2O4S/c23-18-17(21-14-10-8-13(9-11-14)19(24)25)27-20(26)22(18)16-7-3-5-12-4-1-2-6-15(12)16/h1-11,17,21H,(H,24,25). The van der Waals surface area contributed by atoms with Gasteiger partial charge >= 0.3 is 5.97 Å². The number of nitrogens with zero attached hydrogens (tertiary/aromatic N) is 1. The highest BCUT2D eigenvalue weighted by molar-refractivity contribution is 8.16. The lowest BCUT2D eigenvalue weighted by atomic mass is 10.1. The highest BCUT2D eigenvalue weighted by Gasteiger charge is 2.41. The Morgan fingerprint density at radius 3 is 2.41 bits per heavy atom. The number of fused-ring (bicyclic) bond motifs is 1. The monoisotopic (exact) mass is 378 g/mol. The Morgan fingerprint density at radius 2 is 1.67 bits per heavy atom. The zero-order chi connectivity index (χ0) is 19.0. The summed E-state index contributed by atoms with van der Waals surface area (Å²) in [5, 5.41) is 12.6. The maximum atomic E-state index is 12.9. The first-order valence-corrected chi connectivity index (χ1v) is 9.05. The fraction of sp³-hybridized carbons (Fsp3) is 0.0500. The number of carbonyl (C=O) groups excluding carboxylic acids is 2. The summed E-state index contributed by atoms with van der Waals surface area (Å²) in [5.41, 5.74) is 1.28. The van der Waals surface area contributed by atoms with E-state index >= 15 is 0 Å². The zero-order valence-electron chi connectivity index (χ0n) is 14.0. The molecule has 2 amide bonds. The second-order valence-electron chi connectivity index (χ2n) is 5.96. The molecule has 4 rings (SSSR count). The average molecular weight is 378 g/mol. The van der Waals surface area contributed by atoms with Crippen LogP contribution in [0.2, 0.25) is 0 Å². The number of carboxylic acid groups (broad SMARTS) is 1. The maximum Gasteiger partial charge on any atom is 0.335 e. The van der Waals surface area contributed by atoms with Crippen molar-refractivity contribution in [2.45, 2.75) is 5.37 Å². The molecule has 0 spiro atoms. The van der Waals surface area contributed by atoms with Crippen LogP contribution in [0.4, 0.5) is 16.2 Å². The van der Waals surface area contributed by atoms with Gasteiger partial charge in [-0.15, -0.1) is 0 Å². The number of hydrogen-bond acceptors (Lipinski definition) is 5. The van der Waals surface area contributed by atoms with Gasteiger partial charge in [0.25, 0.3) is 11.1 Å². The minimum absolute atomic E-state index is 0.152. The molecule has 0 aliphatic carbocycles. The van der Waals surface area contributed by atoms with E-state index in [0.29, 0.717) is 11.4 Å². The van der Waals surface area contributed by atoms with Crippen LogP contribution in [0.25, 0.3) is 10.8 Å². The molecule has 3 aromatic carbocycles. The molecule has 1 fully saturated rings. The van der Waals surface area contributed by atoms with E-state index in [9.17, 15) is 14.4 Å². The average Bonchev–Trinajstić information content (AvgIpc) is 2.95. The molecule has 0 radical (unpaired) electrons. The first-order valence-electron chi connectivity index (χ1n) is 8.17. The molecule has 2 N–H and O–H groups in total. The number of anilines is 2. The molecular weight excluding hydrogens is 364 g/mol. The van der Waals surface area contributed by atoms with Gasteiger partial charge in [0.05, 0.1) is 11.3 Å². The van der Waals surface area contributed by atoms with Crippen LogP contribution < -0.4 is 10.2 Å². The summed E-state index contributed by atoms with van der Waals surface area (Å²) in [6.45, 7) is 0. The molecule has 7 heteroatoms. The Labute approximate surface area is 158 Å². The van der Waals surface area contributed by atoms with Crippen molar-refractivity contribution in [1.82, 2.24) is 0 Å². The first-order chi connectivity index (χ1) is 13.0. The molecular formula is C20H14N2O4S. The van der Waals surface area contributed by atoms with Gasteiger partial charge in [-0.3, -0.25) is 9.59 Å². The molecule has 1 heterocycles. The van der Waals surface area contributed by atoms with Crippen molar-refractivity contribution in [2.24, 2.45) is 0 Å². The Bertz CT molecular complexity index is 1060. The number of aromatic carboxylic acids is 1. The molecule has 1 aliphatic heterocycles. The smallest absolute Gasteiger partial charge is 0.335 e. The van der Waals surface area contributed by atoms with Crippen molar-refractivity contribution in [3.8, 4) is 0 Å². The molecule has 134 valence electrons. The SMILES string of the molecule is O=C(O)c1ccc(NC2SC(=O)N(c3cccc4ccccc34)C2=O)cc1. The van der Waals surface area contributed by atoms with E-state index in [2.05, 4.69) is 5.32 Å². The third-order valence-electron chi connectivity index (χ3n) is 4.28. The van der Waals surface area contributed by atoms with Gasteiger partial charge in [0, 0.05) is 11.1 Å². The van der Waals surface area contributed by atoms with Crippen LogP contribution in [0.5, 0.6) is 0 Å². The number of nitrogens with one attached hydrogen (secondary N) is 1. The van der Waals surface area contributed by atoms with Crippen LogP contribution >= 0.6 is 11.8 Å². The number of benzene rings is 3. The number of rotatable bonds is 4. The molecule has 27 heavy (non-hydrogen) atoms. The lowest BCUT2D eigenvalue weighted by molar-refractivity contribution is -0.116. The highest BCUT2D eigenvalue weighted by Crippen LogP contribution is 2.36. The maximum absolute atomic E-state index is 12.9. The Morgan fingerprint density at radius 1 is 0.963 bits per heavy atom. The molecule has 6 nitrogen and oxygen atoms in total. The van der Waals surface area contributed by atoms with Crippen LogP contribution in [-0.2, 0) is 4.79 Å². The molecule has 1 atom stereocenters. The quantitative estimate of drug-likeness (QED) is 0.708. The predicted octanol–water partition coefficient (Wildman–Crippen LogP) is 4.18. The molecule has 3 aromatic rings. The first kappa shape index (κ1) is 17.1. The topological polar surface area (TPSA) is 86.7 Å². The molecule has 0 saturated carbocycles. The zero-order valence-corrected chi connectivity index (χ0v) is 14.8. The molecule has 0 bridgehead atoms. The van der Waals surface area contributed by atoms with Gasteiger partial charge < -0.3 is 10.4 Å². The predicted molar refractivity (Wildman–Crippen MR) is 105 cm³/mol. The van der Waals surface area contributed by atoms with Gasteiger partial charge in [-0.1, -0.05) is 36.4 Å². The number of thioether (sulfide) groups is 1. The van der Waals surface area contributed by atoms with Crippen LogP contribution in [0, 0.1) is 0 Å². The van der Waals surface area contributed by atoms with Gasteiger partial charge in [0.2, 0.25) is 0 Å². The lowest BCUT2D eigenvalue weighted by Crippen LogP contribution is -2.34. The van der Waals surface area contributed by atoms with E-state index in [4.69, 9.17) is 5.11 Å². The molecule has 0 aromatic heterocycles. The summed E-state index contributed by atoms with van der Waals surface area (Å²) in [4.78, 5) is 37.5. The lowest BCUT2D eigenvalue weighted by Gasteiger charge is -2.17. The van der Waals surface area contributed by atoms with E-state index in [1.54, 1.807) is 18.2 Å². The molecule has 1 aliphatic rings. The third-order valence-corrected chi connectivity index (χ3v) is 5.22. The van der Waals surface area contributed by atoms with Crippen molar-refractivity contribution >= 4 is 51.0 Å². The number of imide groups is 1. The van der Waals surface area contributed by atoms with Gasteiger partial charge in [0.15, 0.2) is 5.37 Å². The van der Waals surface area contributed by atoms with Crippen molar-refractivity contribution in [3.63, 3.8) is 0 Å². The normalized spacial score (nSPS) is 16.7. The fourth-order valence-electron chi connectivity index (χ4n) is 2.98. The van der Waals surface area contributed by atoms with Crippen LogP contribution in [0.3, 0.4) is 0 Å².